The number of ether oxygens (including phenoxy) is 2. The smallest absolute Gasteiger partial charge is 0.340 e. The van der Waals surface area contributed by atoms with Crippen LogP contribution in [0.15, 0.2) is 72.8 Å². The van der Waals surface area contributed by atoms with Crippen molar-refractivity contribution >= 4 is 46.7 Å². The molecule has 3 aromatic rings. The van der Waals surface area contributed by atoms with Gasteiger partial charge in [-0.1, -0.05) is 41.9 Å². The number of carbonyl (C=O) groups excluding carboxylic acids is 4. The van der Waals surface area contributed by atoms with Crippen LogP contribution in [-0.4, -0.2) is 37.5 Å². The van der Waals surface area contributed by atoms with E-state index in [0.717, 1.165) is 0 Å². The zero-order chi connectivity index (χ0) is 23.8. The lowest BCUT2D eigenvalue weighted by Crippen LogP contribution is -2.22. The van der Waals surface area contributed by atoms with Gasteiger partial charge in [0.25, 0.3) is 11.8 Å². The molecule has 2 amide bonds. The molecule has 0 aliphatic heterocycles. The number of para-hydroxylation sites is 1. The van der Waals surface area contributed by atoms with Crippen LogP contribution in [0.2, 0.25) is 5.02 Å². The molecule has 0 saturated carbocycles. The van der Waals surface area contributed by atoms with Crippen molar-refractivity contribution in [2.24, 2.45) is 0 Å². The molecule has 0 bridgehead atoms. The lowest BCUT2D eigenvalue weighted by molar-refractivity contribution is -0.119. The first-order chi connectivity index (χ1) is 15.9. The summed E-state index contributed by atoms with van der Waals surface area (Å²) in [6.07, 6.45) is 0. The van der Waals surface area contributed by atoms with Gasteiger partial charge < -0.3 is 20.1 Å². The molecular formula is C24H19ClN2O6. The number of amides is 2. The molecule has 0 saturated heterocycles. The maximum Gasteiger partial charge on any atom is 0.340 e. The van der Waals surface area contributed by atoms with Crippen molar-refractivity contribution in [2.75, 3.05) is 24.4 Å². The van der Waals surface area contributed by atoms with Crippen LogP contribution < -0.4 is 10.6 Å². The number of halogens is 1. The highest BCUT2D eigenvalue weighted by atomic mass is 35.5. The molecule has 9 heteroatoms. The number of rotatable bonds is 7. The lowest BCUT2D eigenvalue weighted by Gasteiger charge is -2.11. The fraction of sp³-hybridized carbons (Fsp3) is 0.0833. The van der Waals surface area contributed by atoms with E-state index in [2.05, 4.69) is 15.4 Å². The first-order valence-corrected chi connectivity index (χ1v) is 10.1. The summed E-state index contributed by atoms with van der Waals surface area (Å²) in [6.45, 7) is -0.587. The monoisotopic (exact) mass is 466 g/mol. The Morgan fingerprint density at radius 3 is 2.24 bits per heavy atom. The molecule has 0 spiro atoms. The first-order valence-electron chi connectivity index (χ1n) is 9.69. The topological polar surface area (TPSA) is 111 Å². The van der Waals surface area contributed by atoms with Crippen LogP contribution in [0.25, 0.3) is 0 Å². The maximum absolute atomic E-state index is 12.5. The number of esters is 2. The van der Waals surface area contributed by atoms with Gasteiger partial charge in [0.2, 0.25) is 0 Å². The Labute approximate surface area is 194 Å². The van der Waals surface area contributed by atoms with Gasteiger partial charge in [-0.15, -0.1) is 0 Å². The van der Waals surface area contributed by atoms with Crippen LogP contribution in [0.1, 0.15) is 31.1 Å². The van der Waals surface area contributed by atoms with E-state index in [-0.39, 0.29) is 27.5 Å². The highest BCUT2D eigenvalue weighted by molar-refractivity contribution is 6.33. The number of hydrogen-bond acceptors (Lipinski definition) is 6. The molecule has 3 aromatic carbocycles. The van der Waals surface area contributed by atoms with Gasteiger partial charge in [0.05, 0.1) is 28.9 Å². The predicted molar refractivity (Wildman–Crippen MR) is 123 cm³/mol. The molecule has 2 N–H and O–H groups in total. The van der Waals surface area contributed by atoms with E-state index in [4.69, 9.17) is 16.3 Å². The molecule has 0 aliphatic carbocycles. The van der Waals surface area contributed by atoms with Gasteiger partial charge in [-0.2, -0.15) is 0 Å². The van der Waals surface area contributed by atoms with Crippen molar-refractivity contribution in [2.45, 2.75) is 0 Å². The number of anilines is 2. The molecular weight excluding hydrogens is 448 g/mol. The van der Waals surface area contributed by atoms with Crippen molar-refractivity contribution in [3.8, 4) is 0 Å². The minimum Gasteiger partial charge on any atom is -0.465 e. The van der Waals surface area contributed by atoms with Crippen molar-refractivity contribution < 1.29 is 28.7 Å². The Balaban J connectivity index is 1.63. The fourth-order valence-electron chi connectivity index (χ4n) is 2.83. The minimum atomic E-state index is -0.791. The van der Waals surface area contributed by atoms with E-state index in [9.17, 15) is 19.2 Å². The summed E-state index contributed by atoms with van der Waals surface area (Å²) in [5.74, 6) is -2.47. The van der Waals surface area contributed by atoms with Crippen LogP contribution in [0.4, 0.5) is 11.4 Å². The Bertz CT molecular complexity index is 1200. The molecule has 33 heavy (non-hydrogen) atoms. The number of carbonyl (C=O) groups is 4. The average Bonchev–Trinajstić information content (AvgIpc) is 2.84. The second-order valence-electron chi connectivity index (χ2n) is 6.68. The molecule has 0 unspecified atom stereocenters. The van der Waals surface area contributed by atoms with Gasteiger partial charge in [-0.05, 0) is 42.5 Å². The summed E-state index contributed by atoms with van der Waals surface area (Å²) < 4.78 is 9.73. The van der Waals surface area contributed by atoms with Gasteiger partial charge in [0.1, 0.15) is 0 Å². The number of methoxy groups -OCH3 is 1. The minimum absolute atomic E-state index is 0.0806. The van der Waals surface area contributed by atoms with Crippen LogP contribution >= 0.6 is 11.6 Å². The van der Waals surface area contributed by atoms with E-state index in [1.54, 1.807) is 48.5 Å². The molecule has 0 atom stereocenters. The molecule has 0 radical (unpaired) electrons. The molecule has 0 aromatic heterocycles. The van der Waals surface area contributed by atoms with E-state index >= 15 is 0 Å². The Morgan fingerprint density at radius 1 is 0.818 bits per heavy atom. The predicted octanol–water partition coefficient (Wildman–Crippen LogP) is 4.17. The zero-order valence-corrected chi connectivity index (χ0v) is 18.2. The van der Waals surface area contributed by atoms with E-state index in [0.29, 0.717) is 5.56 Å². The Hall–Kier alpha value is -4.17. The number of hydrogen-bond donors (Lipinski definition) is 2. The summed E-state index contributed by atoms with van der Waals surface area (Å²) >= 11 is 5.95. The summed E-state index contributed by atoms with van der Waals surface area (Å²) in [4.78, 5) is 48.9. The second-order valence-corrected chi connectivity index (χ2v) is 7.08. The average molecular weight is 467 g/mol. The van der Waals surface area contributed by atoms with Crippen molar-refractivity contribution in [3.63, 3.8) is 0 Å². The third-order valence-electron chi connectivity index (χ3n) is 4.42. The van der Waals surface area contributed by atoms with Crippen molar-refractivity contribution in [1.82, 2.24) is 0 Å². The number of nitrogens with one attached hydrogen (secondary N) is 2. The largest absolute Gasteiger partial charge is 0.465 e. The summed E-state index contributed by atoms with van der Waals surface area (Å²) in [6, 6.07) is 19.1. The quantitative estimate of drug-likeness (QED) is 0.505. The summed E-state index contributed by atoms with van der Waals surface area (Å²) in [5, 5.41) is 5.34. The van der Waals surface area contributed by atoms with Crippen LogP contribution in [-0.2, 0) is 14.3 Å². The lowest BCUT2D eigenvalue weighted by atomic mass is 10.1. The van der Waals surface area contributed by atoms with E-state index in [1.807, 2.05) is 0 Å². The third-order valence-corrected chi connectivity index (χ3v) is 4.75. The highest BCUT2D eigenvalue weighted by Gasteiger charge is 2.17. The SMILES string of the molecule is COC(=O)c1cc(NC(=O)COC(=O)c2ccccc2NC(=O)c2ccccc2)ccc1Cl. The van der Waals surface area contributed by atoms with Gasteiger partial charge in [-0.25, -0.2) is 9.59 Å². The van der Waals surface area contributed by atoms with E-state index in [1.165, 1.54) is 31.4 Å². The van der Waals surface area contributed by atoms with Crippen molar-refractivity contribution in [3.05, 3.63) is 94.5 Å². The van der Waals surface area contributed by atoms with Gasteiger partial charge >= 0.3 is 11.9 Å². The fourth-order valence-corrected chi connectivity index (χ4v) is 3.02. The van der Waals surface area contributed by atoms with Crippen molar-refractivity contribution in [1.29, 1.82) is 0 Å². The first kappa shape index (κ1) is 23.5. The standard InChI is InChI=1S/C24H19ClN2O6/c1-32-23(30)18-13-16(11-12-19(18)25)26-21(28)14-33-24(31)17-9-5-6-10-20(17)27-22(29)15-7-3-2-4-8-15/h2-13H,14H2,1H3,(H,26,28)(H,27,29). The molecule has 168 valence electrons. The van der Waals surface area contributed by atoms with Gasteiger partial charge in [-0.3, -0.25) is 9.59 Å². The van der Waals surface area contributed by atoms with Gasteiger partial charge in [0, 0.05) is 11.3 Å². The molecule has 0 fully saturated rings. The van der Waals surface area contributed by atoms with Crippen LogP contribution in [0.5, 0.6) is 0 Å². The molecule has 0 heterocycles. The summed E-state index contributed by atoms with van der Waals surface area (Å²) in [5.41, 5.74) is 1.12. The van der Waals surface area contributed by atoms with E-state index < -0.39 is 30.4 Å². The Morgan fingerprint density at radius 2 is 1.52 bits per heavy atom. The highest BCUT2D eigenvalue weighted by Crippen LogP contribution is 2.22. The molecule has 0 aliphatic rings. The zero-order valence-electron chi connectivity index (χ0n) is 17.5. The Kier molecular flexibility index (Phi) is 7.77. The third kappa shape index (κ3) is 6.18. The molecule has 3 rings (SSSR count). The van der Waals surface area contributed by atoms with Gasteiger partial charge in [0.15, 0.2) is 6.61 Å². The van der Waals surface area contributed by atoms with Crippen LogP contribution in [0.3, 0.4) is 0 Å². The normalized spacial score (nSPS) is 10.1. The number of benzene rings is 3. The van der Waals surface area contributed by atoms with Crippen LogP contribution in [0, 0.1) is 0 Å². The summed E-state index contributed by atoms with van der Waals surface area (Å²) in [7, 11) is 1.21. The second kappa shape index (κ2) is 10.9. The molecule has 8 nitrogen and oxygen atoms in total. The maximum atomic E-state index is 12.5.